The second kappa shape index (κ2) is 3.99. The minimum atomic E-state index is -0.974. The third-order valence-corrected chi connectivity index (χ3v) is 3.12. The summed E-state index contributed by atoms with van der Waals surface area (Å²) in [5, 5.41) is 8.91. The molecule has 3 N–H and O–H groups in total. The lowest BCUT2D eigenvalue weighted by molar-refractivity contribution is 0.0697. The first kappa shape index (κ1) is 11.0. The van der Waals surface area contributed by atoms with Gasteiger partial charge in [-0.25, -0.2) is 4.79 Å². The van der Waals surface area contributed by atoms with Gasteiger partial charge in [0.15, 0.2) is 5.58 Å². The molecule has 1 aromatic heterocycles. The topological polar surface area (TPSA) is 92.6 Å². The maximum atomic E-state index is 10.9. The van der Waals surface area contributed by atoms with E-state index in [0.29, 0.717) is 17.1 Å². The summed E-state index contributed by atoms with van der Waals surface area (Å²) in [6.07, 6.45) is 0.916. The Morgan fingerprint density at radius 3 is 3.06 bits per heavy atom. The number of nitrogens with two attached hydrogens (primary N) is 1. The standard InChI is InChI=1S/C12H13N3O3/c13-8-3-4-15(6-8)12-14-9-2-1-7(11(16)17)5-10(9)18-12/h1-2,5,8H,3-4,6,13H2,(H,16,17). The summed E-state index contributed by atoms with van der Waals surface area (Å²) >= 11 is 0. The SMILES string of the molecule is NC1CCN(c2nc3ccc(C(=O)O)cc3o2)C1. The highest BCUT2D eigenvalue weighted by Crippen LogP contribution is 2.25. The second-order valence-corrected chi connectivity index (χ2v) is 4.48. The smallest absolute Gasteiger partial charge is 0.335 e. The Hall–Kier alpha value is -2.08. The average molecular weight is 247 g/mol. The monoisotopic (exact) mass is 247 g/mol. The zero-order valence-corrected chi connectivity index (χ0v) is 9.67. The van der Waals surface area contributed by atoms with Crippen LogP contribution < -0.4 is 10.6 Å². The number of carboxylic acid groups (broad SMARTS) is 1. The van der Waals surface area contributed by atoms with Crippen LogP contribution in [-0.2, 0) is 0 Å². The van der Waals surface area contributed by atoms with Crippen LogP contribution >= 0.6 is 0 Å². The molecule has 6 nitrogen and oxygen atoms in total. The van der Waals surface area contributed by atoms with Crippen LogP contribution in [0.15, 0.2) is 22.6 Å². The molecule has 2 heterocycles. The Balaban J connectivity index is 1.98. The molecule has 2 aromatic rings. The summed E-state index contributed by atoms with van der Waals surface area (Å²) in [6.45, 7) is 1.54. The molecule has 0 bridgehead atoms. The van der Waals surface area contributed by atoms with Crippen molar-refractivity contribution in [1.82, 2.24) is 4.98 Å². The molecular weight excluding hydrogens is 234 g/mol. The number of aromatic nitrogens is 1. The molecule has 1 aromatic carbocycles. The molecule has 6 heteroatoms. The minimum Gasteiger partial charge on any atom is -0.478 e. The molecule has 1 saturated heterocycles. The Bertz CT molecular complexity index is 608. The molecule has 0 amide bonds. The molecule has 3 rings (SSSR count). The lowest BCUT2D eigenvalue weighted by atomic mass is 10.2. The number of aromatic carboxylic acids is 1. The molecule has 0 aliphatic carbocycles. The van der Waals surface area contributed by atoms with Crippen LogP contribution in [0.1, 0.15) is 16.8 Å². The van der Waals surface area contributed by atoms with Crippen molar-refractivity contribution in [3.8, 4) is 0 Å². The average Bonchev–Trinajstić information content (AvgIpc) is 2.93. The van der Waals surface area contributed by atoms with Crippen LogP contribution in [0.2, 0.25) is 0 Å². The number of hydrogen-bond acceptors (Lipinski definition) is 5. The van der Waals surface area contributed by atoms with Gasteiger partial charge in [-0.3, -0.25) is 0 Å². The van der Waals surface area contributed by atoms with Gasteiger partial charge in [0, 0.05) is 19.1 Å². The van der Waals surface area contributed by atoms with Crippen LogP contribution in [0.3, 0.4) is 0 Å². The van der Waals surface area contributed by atoms with Gasteiger partial charge in [-0.2, -0.15) is 4.98 Å². The number of nitrogens with zero attached hydrogens (tertiary/aromatic N) is 2. The van der Waals surface area contributed by atoms with E-state index in [4.69, 9.17) is 15.3 Å². The van der Waals surface area contributed by atoms with E-state index in [-0.39, 0.29) is 11.6 Å². The predicted octanol–water partition coefficient (Wildman–Crippen LogP) is 1.06. The van der Waals surface area contributed by atoms with E-state index in [1.54, 1.807) is 6.07 Å². The van der Waals surface area contributed by atoms with E-state index in [2.05, 4.69) is 4.98 Å². The predicted molar refractivity (Wildman–Crippen MR) is 65.8 cm³/mol. The van der Waals surface area contributed by atoms with Crippen molar-refractivity contribution in [3.63, 3.8) is 0 Å². The first-order valence-electron chi connectivity index (χ1n) is 5.78. The lowest BCUT2D eigenvalue weighted by Crippen LogP contribution is -2.26. The van der Waals surface area contributed by atoms with Gasteiger partial charge in [0.05, 0.1) is 5.56 Å². The summed E-state index contributed by atoms with van der Waals surface area (Å²) in [5.41, 5.74) is 7.18. The van der Waals surface area contributed by atoms with Crippen LogP contribution in [0.25, 0.3) is 11.1 Å². The van der Waals surface area contributed by atoms with E-state index in [1.165, 1.54) is 12.1 Å². The fourth-order valence-electron chi connectivity index (χ4n) is 2.14. The van der Waals surface area contributed by atoms with Gasteiger partial charge < -0.3 is 20.2 Å². The molecule has 18 heavy (non-hydrogen) atoms. The Kier molecular flexibility index (Phi) is 2.45. The van der Waals surface area contributed by atoms with Gasteiger partial charge >= 0.3 is 5.97 Å². The highest BCUT2D eigenvalue weighted by molar-refractivity contribution is 5.92. The van der Waals surface area contributed by atoms with Crippen molar-refractivity contribution in [2.24, 2.45) is 5.73 Å². The fraction of sp³-hybridized carbons (Fsp3) is 0.333. The second-order valence-electron chi connectivity index (χ2n) is 4.48. The number of hydrogen-bond donors (Lipinski definition) is 2. The Labute approximate surface area is 103 Å². The van der Waals surface area contributed by atoms with Gasteiger partial charge in [0.1, 0.15) is 5.52 Å². The summed E-state index contributed by atoms with van der Waals surface area (Å²) in [4.78, 5) is 17.2. The van der Waals surface area contributed by atoms with E-state index in [1.807, 2.05) is 4.90 Å². The van der Waals surface area contributed by atoms with E-state index >= 15 is 0 Å². The number of benzene rings is 1. The van der Waals surface area contributed by atoms with Crippen molar-refractivity contribution < 1.29 is 14.3 Å². The Morgan fingerprint density at radius 1 is 1.56 bits per heavy atom. The minimum absolute atomic E-state index is 0.148. The molecule has 1 aliphatic rings. The van der Waals surface area contributed by atoms with Crippen LogP contribution in [0.5, 0.6) is 0 Å². The molecule has 1 aliphatic heterocycles. The van der Waals surface area contributed by atoms with Crippen molar-refractivity contribution in [2.45, 2.75) is 12.5 Å². The number of anilines is 1. The molecule has 0 saturated carbocycles. The van der Waals surface area contributed by atoms with Crippen molar-refractivity contribution in [1.29, 1.82) is 0 Å². The zero-order chi connectivity index (χ0) is 12.7. The number of carboxylic acids is 1. The van der Waals surface area contributed by atoms with Gasteiger partial charge in [-0.15, -0.1) is 0 Å². The van der Waals surface area contributed by atoms with E-state index in [9.17, 15) is 4.79 Å². The molecule has 0 radical (unpaired) electrons. The van der Waals surface area contributed by atoms with E-state index in [0.717, 1.165) is 19.5 Å². The summed E-state index contributed by atoms with van der Waals surface area (Å²) in [7, 11) is 0. The third-order valence-electron chi connectivity index (χ3n) is 3.12. The van der Waals surface area contributed by atoms with Crippen molar-refractivity contribution >= 4 is 23.1 Å². The van der Waals surface area contributed by atoms with Gasteiger partial charge in [-0.1, -0.05) is 0 Å². The highest BCUT2D eigenvalue weighted by atomic mass is 16.4. The maximum Gasteiger partial charge on any atom is 0.335 e. The van der Waals surface area contributed by atoms with Gasteiger partial charge in [0.25, 0.3) is 6.01 Å². The lowest BCUT2D eigenvalue weighted by Gasteiger charge is -2.11. The normalized spacial score (nSPS) is 19.6. The number of fused-ring (bicyclic) bond motifs is 1. The van der Waals surface area contributed by atoms with Crippen molar-refractivity contribution in [2.75, 3.05) is 18.0 Å². The van der Waals surface area contributed by atoms with Gasteiger partial charge in [0.2, 0.25) is 0 Å². The summed E-state index contributed by atoms with van der Waals surface area (Å²) in [5.74, 6) is -0.974. The van der Waals surface area contributed by atoms with E-state index < -0.39 is 5.97 Å². The first-order valence-corrected chi connectivity index (χ1v) is 5.78. The van der Waals surface area contributed by atoms with Crippen LogP contribution in [0, 0.1) is 0 Å². The number of oxazole rings is 1. The molecular formula is C12H13N3O3. The largest absolute Gasteiger partial charge is 0.478 e. The summed E-state index contributed by atoms with van der Waals surface area (Å²) < 4.78 is 5.59. The Morgan fingerprint density at radius 2 is 2.39 bits per heavy atom. The number of rotatable bonds is 2. The quantitative estimate of drug-likeness (QED) is 0.824. The molecule has 1 unspecified atom stereocenters. The maximum absolute atomic E-state index is 10.9. The fourth-order valence-corrected chi connectivity index (χ4v) is 2.14. The van der Waals surface area contributed by atoms with Crippen LogP contribution in [0.4, 0.5) is 6.01 Å². The van der Waals surface area contributed by atoms with Gasteiger partial charge in [-0.05, 0) is 24.6 Å². The summed E-state index contributed by atoms with van der Waals surface area (Å²) in [6, 6.07) is 5.33. The molecule has 1 atom stereocenters. The highest BCUT2D eigenvalue weighted by Gasteiger charge is 2.23. The third kappa shape index (κ3) is 1.80. The first-order chi connectivity index (χ1) is 8.63. The zero-order valence-electron chi connectivity index (χ0n) is 9.67. The van der Waals surface area contributed by atoms with Crippen LogP contribution in [-0.4, -0.2) is 35.2 Å². The molecule has 94 valence electrons. The van der Waals surface area contributed by atoms with Crippen molar-refractivity contribution in [3.05, 3.63) is 23.8 Å². The molecule has 0 spiro atoms. The molecule has 1 fully saturated rings. The number of carbonyl (C=O) groups is 1.